The lowest BCUT2D eigenvalue weighted by Crippen LogP contribution is -2.17. The average Bonchev–Trinajstić information content (AvgIpc) is 2.98. The molecule has 1 heterocycles. The van der Waals surface area contributed by atoms with Gasteiger partial charge in [-0.1, -0.05) is 26.8 Å². The van der Waals surface area contributed by atoms with Crippen LogP contribution in [0.1, 0.15) is 49.3 Å². The first-order valence-corrected chi connectivity index (χ1v) is 10.1. The summed E-state index contributed by atoms with van der Waals surface area (Å²) in [7, 11) is 0. The summed E-state index contributed by atoms with van der Waals surface area (Å²) in [4.78, 5) is 13.1. The van der Waals surface area contributed by atoms with Gasteiger partial charge < -0.3 is 14.6 Å². The van der Waals surface area contributed by atoms with Gasteiger partial charge in [-0.2, -0.15) is 0 Å². The number of ether oxygens (including phenoxy) is 1. The van der Waals surface area contributed by atoms with Crippen molar-refractivity contribution in [1.82, 2.24) is 4.57 Å². The minimum atomic E-state index is -0.0792. The van der Waals surface area contributed by atoms with Crippen LogP contribution in [0.15, 0.2) is 42.5 Å². The van der Waals surface area contributed by atoms with Crippen LogP contribution in [-0.4, -0.2) is 17.1 Å². The summed E-state index contributed by atoms with van der Waals surface area (Å²) >= 11 is 0. The molecule has 4 nitrogen and oxygen atoms in total. The first-order valence-electron chi connectivity index (χ1n) is 10.1. The van der Waals surface area contributed by atoms with Crippen molar-refractivity contribution in [2.75, 3.05) is 11.9 Å². The maximum absolute atomic E-state index is 13.1. The molecule has 0 saturated heterocycles. The van der Waals surface area contributed by atoms with Crippen molar-refractivity contribution in [3.05, 3.63) is 59.3 Å². The number of aromatic nitrogens is 1. The van der Waals surface area contributed by atoms with Gasteiger partial charge in [0.25, 0.3) is 5.91 Å². The van der Waals surface area contributed by atoms with E-state index in [1.165, 1.54) is 5.56 Å². The third kappa shape index (κ3) is 4.06. The molecule has 28 heavy (non-hydrogen) atoms. The Morgan fingerprint density at radius 2 is 1.82 bits per heavy atom. The summed E-state index contributed by atoms with van der Waals surface area (Å²) in [6, 6.07) is 14.0. The van der Waals surface area contributed by atoms with Crippen molar-refractivity contribution in [2.24, 2.45) is 5.92 Å². The molecule has 148 valence electrons. The van der Waals surface area contributed by atoms with Gasteiger partial charge in [-0.3, -0.25) is 4.79 Å². The zero-order chi connectivity index (χ0) is 20.3. The molecule has 3 aromatic rings. The topological polar surface area (TPSA) is 43.3 Å². The van der Waals surface area contributed by atoms with E-state index in [0.29, 0.717) is 12.5 Å². The number of carbonyl (C=O) groups is 1. The zero-order valence-corrected chi connectivity index (χ0v) is 17.5. The molecular weight excluding hydrogens is 348 g/mol. The highest BCUT2D eigenvalue weighted by atomic mass is 16.5. The molecule has 1 N–H and O–H groups in total. The predicted molar refractivity (Wildman–Crippen MR) is 116 cm³/mol. The van der Waals surface area contributed by atoms with Gasteiger partial charge in [0.1, 0.15) is 11.4 Å². The Hall–Kier alpha value is -2.75. The van der Waals surface area contributed by atoms with E-state index in [-0.39, 0.29) is 5.91 Å². The van der Waals surface area contributed by atoms with Crippen LogP contribution in [0, 0.1) is 12.8 Å². The number of nitrogens with zero attached hydrogens (tertiary/aromatic N) is 1. The van der Waals surface area contributed by atoms with Crippen molar-refractivity contribution in [3.8, 4) is 5.75 Å². The Labute approximate surface area is 167 Å². The van der Waals surface area contributed by atoms with Gasteiger partial charge in [0.05, 0.1) is 6.61 Å². The largest absolute Gasteiger partial charge is 0.493 e. The molecule has 1 amide bonds. The van der Waals surface area contributed by atoms with Gasteiger partial charge in [-0.05, 0) is 73.7 Å². The number of hydrogen-bond donors (Lipinski definition) is 1. The van der Waals surface area contributed by atoms with Crippen LogP contribution < -0.4 is 10.1 Å². The van der Waals surface area contributed by atoms with E-state index in [9.17, 15) is 4.79 Å². The molecule has 0 fully saturated rings. The summed E-state index contributed by atoms with van der Waals surface area (Å²) in [5.74, 6) is 1.22. The second kappa shape index (κ2) is 8.51. The van der Waals surface area contributed by atoms with Gasteiger partial charge >= 0.3 is 0 Å². The fourth-order valence-electron chi connectivity index (χ4n) is 3.50. The summed E-state index contributed by atoms with van der Waals surface area (Å²) < 4.78 is 7.81. The maximum atomic E-state index is 13.1. The van der Waals surface area contributed by atoms with Crippen LogP contribution in [0.3, 0.4) is 0 Å². The number of nitrogens with one attached hydrogen (secondary N) is 1. The second-order valence-corrected chi connectivity index (χ2v) is 7.61. The molecule has 3 rings (SSSR count). The molecule has 0 atom stereocenters. The summed E-state index contributed by atoms with van der Waals surface area (Å²) in [6.07, 6.45) is 0.986. The van der Waals surface area contributed by atoms with Crippen LogP contribution >= 0.6 is 0 Å². The second-order valence-electron chi connectivity index (χ2n) is 7.61. The van der Waals surface area contributed by atoms with Crippen LogP contribution in [0.5, 0.6) is 5.75 Å². The Morgan fingerprint density at radius 1 is 1.11 bits per heavy atom. The smallest absolute Gasteiger partial charge is 0.272 e. The standard InChI is InChI=1S/C24H30N2O2/c1-6-18-8-13-22-21(14-18)17(5)23(26(22)7-2)24(27)25-19-9-11-20(12-10-19)28-15-16(3)4/h8-14,16H,6-7,15H2,1-5H3,(H,25,27). The van der Waals surface area contributed by atoms with Crippen molar-refractivity contribution in [2.45, 2.75) is 47.6 Å². The molecular formula is C24H30N2O2. The highest BCUT2D eigenvalue weighted by Crippen LogP contribution is 2.28. The van der Waals surface area contributed by atoms with Gasteiger partial charge in [0.2, 0.25) is 0 Å². The van der Waals surface area contributed by atoms with Crippen molar-refractivity contribution < 1.29 is 9.53 Å². The highest BCUT2D eigenvalue weighted by Gasteiger charge is 2.20. The van der Waals surface area contributed by atoms with Crippen LogP contribution in [-0.2, 0) is 13.0 Å². The average molecular weight is 379 g/mol. The number of aryl methyl sites for hydroxylation is 3. The Morgan fingerprint density at radius 3 is 2.43 bits per heavy atom. The van der Waals surface area contributed by atoms with E-state index in [0.717, 1.165) is 46.6 Å². The lowest BCUT2D eigenvalue weighted by atomic mass is 10.1. The number of hydrogen-bond acceptors (Lipinski definition) is 2. The monoisotopic (exact) mass is 378 g/mol. The molecule has 0 unspecified atom stereocenters. The molecule has 0 bridgehead atoms. The lowest BCUT2D eigenvalue weighted by molar-refractivity contribution is 0.101. The normalized spacial score (nSPS) is 11.2. The first-order chi connectivity index (χ1) is 13.4. The molecule has 0 radical (unpaired) electrons. The van der Waals surface area contributed by atoms with Crippen molar-refractivity contribution >= 4 is 22.5 Å². The Bertz CT molecular complexity index is 968. The fourth-order valence-corrected chi connectivity index (χ4v) is 3.50. The third-order valence-electron chi connectivity index (χ3n) is 5.02. The number of carbonyl (C=O) groups excluding carboxylic acids is 1. The molecule has 0 saturated carbocycles. The number of benzene rings is 2. The van der Waals surface area contributed by atoms with Gasteiger partial charge in [0.15, 0.2) is 0 Å². The third-order valence-corrected chi connectivity index (χ3v) is 5.02. The summed E-state index contributed by atoms with van der Waals surface area (Å²) in [5.41, 5.74) is 4.92. The Kier molecular flexibility index (Phi) is 6.08. The lowest BCUT2D eigenvalue weighted by Gasteiger charge is -2.11. The molecule has 4 heteroatoms. The van der Waals surface area contributed by atoms with E-state index in [1.807, 2.05) is 31.2 Å². The van der Waals surface area contributed by atoms with Crippen molar-refractivity contribution in [1.29, 1.82) is 0 Å². The molecule has 0 spiro atoms. The number of rotatable bonds is 7. The van der Waals surface area contributed by atoms with Gasteiger partial charge in [-0.25, -0.2) is 0 Å². The Balaban J connectivity index is 1.86. The van der Waals surface area contributed by atoms with E-state index in [4.69, 9.17) is 4.74 Å². The predicted octanol–water partition coefficient (Wildman–Crippen LogP) is 5.82. The molecule has 2 aromatic carbocycles. The molecule has 1 aromatic heterocycles. The zero-order valence-electron chi connectivity index (χ0n) is 17.5. The first kappa shape index (κ1) is 20.0. The minimum absolute atomic E-state index is 0.0792. The molecule has 0 aliphatic heterocycles. The minimum Gasteiger partial charge on any atom is -0.493 e. The number of anilines is 1. The number of amides is 1. The molecule has 0 aliphatic carbocycles. The van der Waals surface area contributed by atoms with E-state index in [2.05, 4.69) is 55.8 Å². The van der Waals surface area contributed by atoms with Crippen LogP contribution in [0.25, 0.3) is 10.9 Å². The summed E-state index contributed by atoms with van der Waals surface area (Å²) in [6.45, 7) is 11.9. The van der Waals surface area contributed by atoms with E-state index < -0.39 is 0 Å². The quantitative estimate of drug-likeness (QED) is 0.563. The SMILES string of the molecule is CCc1ccc2c(c1)c(C)c(C(=O)Nc1ccc(OCC(C)C)cc1)n2CC. The van der Waals surface area contributed by atoms with Gasteiger partial charge in [0, 0.05) is 23.1 Å². The van der Waals surface area contributed by atoms with Crippen LogP contribution in [0.2, 0.25) is 0 Å². The number of fused-ring (bicyclic) bond motifs is 1. The van der Waals surface area contributed by atoms with Crippen molar-refractivity contribution in [3.63, 3.8) is 0 Å². The van der Waals surface area contributed by atoms with Crippen LogP contribution in [0.4, 0.5) is 5.69 Å². The van der Waals surface area contributed by atoms with E-state index >= 15 is 0 Å². The van der Waals surface area contributed by atoms with Gasteiger partial charge in [-0.15, -0.1) is 0 Å². The molecule has 0 aliphatic rings. The highest BCUT2D eigenvalue weighted by molar-refractivity contribution is 6.08. The fraction of sp³-hybridized carbons (Fsp3) is 0.375. The maximum Gasteiger partial charge on any atom is 0.272 e. The van der Waals surface area contributed by atoms with E-state index in [1.54, 1.807) is 0 Å². The summed E-state index contributed by atoms with van der Waals surface area (Å²) in [5, 5.41) is 4.20.